The SMILES string of the molecule is CCC[C]1C=CCCC1. The van der Waals surface area contributed by atoms with Crippen LogP contribution in [0.3, 0.4) is 0 Å². The van der Waals surface area contributed by atoms with Crippen LogP contribution in [0.25, 0.3) is 0 Å². The van der Waals surface area contributed by atoms with Gasteiger partial charge in [0.1, 0.15) is 0 Å². The van der Waals surface area contributed by atoms with E-state index in [9.17, 15) is 0 Å². The van der Waals surface area contributed by atoms with Gasteiger partial charge in [-0.3, -0.25) is 0 Å². The highest BCUT2D eigenvalue weighted by Gasteiger charge is 2.06. The summed E-state index contributed by atoms with van der Waals surface area (Å²) in [7, 11) is 0. The number of hydrogen-bond donors (Lipinski definition) is 0. The predicted molar refractivity (Wildman–Crippen MR) is 41.1 cm³/mol. The maximum Gasteiger partial charge on any atom is -0.00273 e. The highest BCUT2D eigenvalue weighted by atomic mass is 14.1. The second-order valence-electron chi connectivity index (χ2n) is 2.70. The Bertz CT molecular complexity index is 92.2. The third-order valence-corrected chi connectivity index (χ3v) is 1.79. The minimum absolute atomic E-state index is 1.30. The van der Waals surface area contributed by atoms with Crippen LogP contribution in [0.15, 0.2) is 12.2 Å². The summed E-state index contributed by atoms with van der Waals surface area (Å²) >= 11 is 0. The van der Waals surface area contributed by atoms with Gasteiger partial charge in [-0.15, -0.1) is 0 Å². The normalized spacial score (nSPS) is 20.6. The average Bonchev–Trinajstić information content (AvgIpc) is 1.91. The van der Waals surface area contributed by atoms with Gasteiger partial charge in [-0.1, -0.05) is 25.5 Å². The van der Waals surface area contributed by atoms with Crippen LogP contribution in [0.1, 0.15) is 39.0 Å². The molecule has 0 spiro atoms. The molecule has 9 heavy (non-hydrogen) atoms. The Morgan fingerprint density at radius 1 is 1.56 bits per heavy atom. The molecule has 1 radical (unpaired) electrons. The summed E-state index contributed by atoms with van der Waals surface area (Å²) < 4.78 is 0. The van der Waals surface area contributed by atoms with E-state index in [-0.39, 0.29) is 0 Å². The molecule has 0 atom stereocenters. The van der Waals surface area contributed by atoms with E-state index in [1.807, 2.05) is 0 Å². The van der Waals surface area contributed by atoms with Crippen molar-refractivity contribution in [1.29, 1.82) is 0 Å². The topological polar surface area (TPSA) is 0 Å². The molecule has 0 aromatic rings. The first-order valence-corrected chi connectivity index (χ1v) is 3.94. The van der Waals surface area contributed by atoms with Crippen molar-refractivity contribution in [2.24, 2.45) is 0 Å². The van der Waals surface area contributed by atoms with Gasteiger partial charge in [0.05, 0.1) is 0 Å². The number of allylic oxidation sites excluding steroid dienone is 2. The monoisotopic (exact) mass is 123 g/mol. The van der Waals surface area contributed by atoms with Crippen LogP contribution in [0.5, 0.6) is 0 Å². The lowest BCUT2D eigenvalue weighted by atomic mass is 9.92. The van der Waals surface area contributed by atoms with Gasteiger partial charge in [-0.2, -0.15) is 0 Å². The second kappa shape index (κ2) is 3.71. The zero-order valence-corrected chi connectivity index (χ0v) is 6.19. The summed E-state index contributed by atoms with van der Waals surface area (Å²) in [6.07, 6.45) is 11.3. The molecule has 0 unspecified atom stereocenters. The number of rotatable bonds is 2. The van der Waals surface area contributed by atoms with E-state index in [2.05, 4.69) is 19.1 Å². The first-order chi connectivity index (χ1) is 4.43. The molecule has 0 aromatic carbocycles. The minimum atomic E-state index is 1.30. The summed E-state index contributed by atoms with van der Waals surface area (Å²) in [6, 6.07) is 0. The van der Waals surface area contributed by atoms with Gasteiger partial charge in [-0.05, 0) is 31.6 Å². The molecule has 0 nitrogen and oxygen atoms in total. The van der Waals surface area contributed by atoms with E-state index < -0.39 is 0 Å². The molecule has 0 fully saturated rings. The lowest BCUT2D eigenvalue weighted by Gasteiger charge is -2.13. The van der Waals surface area contributed by atoms with E-state index in [1.165, 1.54) is 32.1 Å². The molecule has 1 aliphatic rings. The highest BCUT2D eigenvalue weighted by Crippen LogP contribution is 2.22. The van der Waals surface area contributed by atoms with Crippen LogP contribution in [-0.2, 0) is 0 Å². The fraction of sp³-hybridized carbons (Fsp3) is 0.667. The zero-order chi connectivity index (χ0) is 6.53. The largest absolute Gasteiger partial charge is 0.0879 e. The Kier molecular flexibility index (Phi) is 2.82. The van der Waals surface area contributed by atoms with Crippen molar-refractivity contribution in [1.82, 2.24) is 0 Å². The van der Waals surface area contributed by atoms with Crippen LogP contribution < -0.4 is 0 Å². The van der Waals surface area contributed by atoms with Crippen molar-refractivity contribution >= 4 is 0 Å². The van der Waals surface area contributed by atoms with Gasteiger partial charge < -0.3 is 0 Å². The van der Waals surface area contributed by atoms with Gasteiger partial charge >= 0.3 is 0 Å². The molecule has 51 valence electrons. The molecule has 0 bridgehead atoms. The van der Waals surface area contributed by atoms with Crippen molar-refractivity contribution in [3.8, 4) is 0 Å². The van der Waals surface area contributed by atoms with Crippen molar-refractivity contribution in [3.05, 3.63) is 18.1 Å². The minimum Gasteiger partial charge on any atom is -0.0879 e. The van der Waals surface area contributed by atoms with Crippen molar-refractivity contribution in [2.45, 2.75) is 39.0 Å². The molecule has 1 rings (SSSR count). The van der Waals surface area contributed by atoms with Gasteiger partial charge in [0, 0.05) is 0 Å². The smallest absolute Gasteiger partial charge is 0.00273 e. The standard InChI is InChI=1S/C9H15/c1-2-6-9-7-4-3-5-8-9/h4,7H,2-3,5-6,8H2,1H3. The Morgan fingerprint density at radius 2 is 2.44 bits per heavy atom. The molecule has 0 saturated heterocycles. The third-order valence-electron chi connectivity index (χ3n) is 1.79. The Hall–Kier alpha value is -0.260. The maximum atomic E-state index is 2.31. The summed E-state index contributed by atoms with van der Waals surface area (Å²) in [4.78, 5) is 0. The van der Waals surface area contributed by atoms with E-state index in [1.54, 1.807) is 5.92 Å². The van der Waals surface area contributed by atoms with Gasteiger partial charge in [0.2, 0.25) is 0 Å². The fourth-order valence-corrected chi connectivity index (χ4v) is 1.31. The van der Waals surface area contributed by atoms with Crippen LogP contribution in [0, 0.1) is 5.92 Å². The van der Waals surface area contributed by atoms with Crippen LogP contribution in [-0.4, -0.2) is 0 Å². The number of hydrogen-bond acceptors (Lipinski definition) is 0. The molecular formula is C9H15. The summed E-state index contributed by atoms with van der Waals surface area (Å²) in [5.41, 5.74) is 0. The van der Waals surface area contributed by atoms with Crippen molar-refractivity contribution in [2.75, 3.05) is 0 Å². The van der Waals surface area contributed by atoms with E-state index >= 15 is 0 Å². The second-order valence-corrected chi connectivity index (χ2v) is 2.70. The van der Waals surface area contributed by atoms with Gasteiger partial charge in [-0.25, -0.2) is 0 Å². The van der Waals surface area contributed by atoms with E-state index in [4.69, 9.17) is 0 Å². The third kappa shape index (κ3) is 2.21. The first kappa shape index (κ1) is 6.85. The van der Waals surface area contributed by atoms with Gasteiger partial charge in [0.15, 0.2) is 0 Å². The highest BCUT2D eigenvalue weighted by molar-refractivity contribution is 5.12. The zero-order valence-electron chi connectivity index (χ0n) is 6.19. The molecule has 0 N–H and O–H groups in total. The van der Waals surface area contributed by atoms with E-state index in [0.717, 1.165) is 0 Å². The van der Waals surface area contributed by atoms with Crippen molar-refractivity contribution in [3.63, 3.8) is 0 Å². The molecular weight excluding hydrogens is 108 g/mol. The summed E-state index contributed by atoms with van der Waals surface area (Å²) in [5.74, 6) is 1.66. The molecule has 0 amide bonds. The first-order valence-electron chi connectivity index (χ1n) is 3.94. The lowest BCUT2D eigenvalue weighted by molar-refractivity contribution is 0.685. The Balaban J connectivity index is 2.23. The van der Waals surface area contributed by atoms with Crippen LogP contribution in [0.4, 0.5) is 0 Å². The lowest BCUT2D eigenvalue weighted by Crippen LogP contribution is -1.96. The van der Waals surface area contributed by atoms with Crippen LogP contribution in [0.2, 0.25) is 0 Å². The Morgan fingerprint density at radius 3 is 3.00 bits per heavy atom. The van der Waals surface area contributed by atoms with Gasteiger partial charge in [0.25, 0.3) is 0 Å². The molecule has 0 aliphatic heterocycles. The molecule has 0 aromatic heterocycles. The quantitative estimate of drug-likeness (QED) is 0.529. The summed E-state index contributed by atoms with van der Waals surface area (Å²) in [5, 5.41) is 0. The van der Waals surface area contributed by atoms with E-state index in [0.29, 0.717) is 0 Å². The maximum absolute atomic E-state index is 2.31. The predicted octanol–water partition coefficient (Wildman–Crippen LogP) is 3.10. The molecule has 0 saturated carbocycles. The Labute approximate surface area is 58.0 Å². The molecule has 0 heterocycles. The molecule has 1 aliphatic carbocycles. The fourth-order valence-electron chi connectivity index (χ4n) is 1.31. The van der Waals surface area contributed by atoms with Crippen LogP contribution >= 0.6 is 0 Å². The van der Waals surface area contributed by atoms with Crippen molar-refractivity contribution < 1.29 is 0 Å². The summed E-state index contributed by atoms with van der Waals surface area (Å²) in [6.45, 7) is 2.25. The average molecular weight is 123 g/mol. The molecule has 0 heteroatoms.